The maximum absolute atomic E-state index is 13.6. The molecule has 134 valence electrons. The summed E-state index contributed by atoms with van der Waals surface area (Å²) < 4.78 is 26.9. The number of hydrogen-bond acceptors (Lipinski definition) is 3. The second kappa shape index (κ2) is 8.39. The molecule has 2 rings (SSSR count). The molecular formula is C17H25F2N3O2. The maximum Gasteiger partial charge on any atom is 0.315 e. The van der Waals surface area contributed by atoms with Gasteiger partial charge in [-0.25, -0.2) is 13.6 Å². The lowest BCUT2D eigenvalue weighted by Crippen LogP contribution is -2.45. The van der Waals surface area contributed by atoms with E-state index in [2.05, 4.69) is 15.5 Å². The first kappa shape index (κ1) is 18.6. The maximum atomic E-state index is 13.6. The molecule has 1 saturated heterocycles. The van der Waals surface area contributed by atoms with Gasteiger partial charge >= 0.3 is 6.03 Å². The Labute approximate surface area is 141 Å². The largest absolute Gasteiger partial charge is 0.396 e. The van der Waals surface area contributed by atoms with Gasteiger partial charge in [0.15, 0.2) is 11.6 Å². The van der Waals surface area contributed by atoms with Gasteiger partial charge in [-0.3, -0.25) is 4.90 Å². The first-order valence-corrected chi connectivity index (χ1v) is 8.30. The van der Waals surface area contributed by atoms with Crippen LogP contribution in [0.15, 0.2) is 18.2 Å². The monoisotopic (exact) mass is 341 g/mol. The summed E-state index contributed by atoms with van der Waals surface area (Å²) in [5, 5.41) is 14.4. The van der Waals surface area contributed by atoms with E-state index >= 15 is 0 Å². The number of hydrogen-bond donors (Lipinski definition) is 3. The van der Waals surface area contributed by atoms with Crippen LogP contribution in [0.4, 0.5) is 13.6 Å². The molecule has 24 heavy (non-hydrogen) atoms. The first-order valence-electron chi connectivity index (χ1n) is 8.30. The number of carbonyl (C=O) groups is 1. The van der Waals surface area contributed by atoms with Crippen molar-refractivity contribution in [3.63, 3.8) is 0 Å². The van der Waals surface area contributed by atoms with Gasteiger partial charge in [-0.05, 0) is 44.4 Å². The molecule has 2 atom stereocenters. The summed E-state index contributed by atoms with van der Waals surface area (Å²) in [7, 11) is 0. The normalized spacial score (nSPS) is 21.2. The van der Waals surface area contributed by atoms with Gasteiger partial charge in [0.25, 0.3) is 0 Å². The van der Waals surface area contributed by atoms with E-state index in [-0.39, 0.29) is 30.8 Å². The molecule has 0 unspecified atom stereocenters. The predicted octanol–water partition coefficient (Wildman–Crippen LogP) is 2.17. The van der Waals surface area contributed by atoms with Gasteiger partial charge in [0.1, 0.15) is 0 Å². The molecule has 5 nitrogen and oxygen atoms in total. The third-order valence-electron chi connectivity index (χ3n) is 4.32. The van der Waals surface area contributed by atoms with Crippen molar-refractivity contribution in [2.45, 2.75) is 44.8 Å². The quantitative estimate of drug-likeness (QED) is 0.695. The molecule has 1 aromatic rings. The van der Waals surface area contributed by atoms with E-state index < -0.39 is 11.6 Å². The number of carbonyl (C=O) groups excluding carboxylic acids is 1. The minimum absolute atomic E-state index is 0.0162. The van der Waals surface area contributed by atoms with Crippen molar-refractivity contribution in [2.75, 3.05) is 19.7 Å². The Bertz CT molecular complexity index is 569. The van der Waals surface area contributed by atoms with Gasteiger partial charge < -0.3 is 15.7 Å². The van der Waals surface area contributed by atoms with Crippen LogP contribution in [-0.2, 0) is 0 Å². The van der Waals surface area contributed by atoms with Crippen LogP contribution in [0.2, 0.25) is 0 Å². The fourth-order valence-electron chi connectivity index (χ4n) is 3.17. The lowest BCUT2D eigenvalue weighted by Gasteiger charge is -2.32. The summed E-state index contributed by atoms with van der Waals surface area (Å²) >= 11 is 0. The average molecular weight is 341 g/mol. The first-order chi connectivity index (χ1) is 11.4. The lowest BCUT2D eigenvalue weighted by atomic mass is 9.99. The Morgan fingerprint density at radius 2 is 2.12 bits per heavy atom. The molecule has 0 spiro atoms. The predicted molar refractivity (Wildman–Crippen MR) is 87.6 cm³/mol. The number of benzene rings is 1. The lowest BCUT2D eigenvalue weighted by molar-refractivity contribution is 0.187. The summed E-state index contributed by atoms with van der Waals surface area (Å²) in [4.78, 5) is 14.2. The summed E-state index contributed by atoms with van der Waals surface area (Å²) in [5.41, 5.74) is 0.653. The Morgan fingerprint density at radius 3 is 2.75 bits per heavy atom. The van der Waals surface area contributed by atoms with Gasteiger partial charge in [0.05, 0.1) is 12.1 Å². The summed E-state index contributed by atoms with van der Waals surface area (Å²) in [6.07, 6.45) is 1.22. The highest BCUT2D eigenvalue weighted by Gasteiger charge is 2.37. The van der Waals surface area contributed by atoms with Gasteiger partial charge in [-0.1, -0.05) is 6.07 Å². The molecule has 3 N–H and O–H groups in total. The molecule has 1 aromatic carbocycles. The molecular weight excluding hydrogens is 316 g/mol. The van der Waals surface area contributed by atoms with Crippen molar-refractivity contribution in [3.8, 4) is 0 Å². The van der Waals surface area contributed by atoms with E-state index in [1.165, 1.54) is 6.07 Å². The molecule has 0 saturated carbocycles. The molecule has 0 radical (unpaired) electrons. The molecule has 0 bridgehead atoms. The molecule has 0 aromatic heterocycles. The minimum atomic E-state index is -0.880. The SMILES string of the molecule is CC(C)N1CC[C@@H](NC(=O)NCCCO)[C@@H]1c1ccc(F)c(F)c1. The topological polar surface area (TPSA) is 64.6 Å². The number of nitrogens with one attached hydrogen (secondary N) is 2. The van der Waals surface area contributed by atoms with Crippen LogP contribution in [0.5, 0.6) is 0 Å². The highest BCUT2D eigenvalue weighted by molar-refractivity contribution is 5.74. The zero-order valence-corrected chi connectivity index (χ0v) is 14.1. The van der Waals surface area contributed by atoms with E-state index in [1.54, 1.807) is 6.07 Å². The van der Waals surface area contributed by atoms with Gasteiger partial charge in [-0.15, -0.1) is 0 Å². The van der Waals surface area contributed by atoms with Crippen LogP contribution in [0.25, 0.3) is 0 Å². The van der Waals surface area contributed by atoms with E-state index in [0.717, 1.165) is 19.0 Å². The van der Waals surface area contributed by atoms with Crippen LogP contribution in [0.3, 0.4) is 0 Å². The van der Waals surface area contributed by atoms with Crippen LogP contribution < -0.4 is 10.6 Å². The molecule has 1 fully saturated rings. The van der Waals surface area contributed by atoms with Crippen LogP contribution >= 0.6 is 0 Å². The number of amides is 2. The van der Waals surface area contributed by atoms with E-state index in [9.17, 15) is 13.6 Å². The zero-order chi connectivity index (χ0) is 17.7. The van der Waals surface area contributed by atoms with Crippen LogP contribution in [0, 0.1) is 11.6 Å². The minimum Gasteiger partial charge on any atom is -0.396 e. The Kier molecular flexibility index (Phi) is 6.51. The summed E-state index contributed by atoms with van der Waals surface area (Å²) in [5.74, 6) is -1.76. The highest BCUT2D eigenvalue weighted by atomic mass is 19.2. The smallest absolute Gasteiger partial charge is 0.315 e. The molecule has 1 heterocycles. The van der Waals surface area contributed by atoms with Crippen LogP contribution in [0.1, 0.15) is 38.3 Å². The van der Waals surface area contributed by atoms with Gasteiger partial charge in [0, 0.05) is 25.7 Å². The number of likely N-dealkylation sites (tertiary alicyclic amines) is 1. The standard InChI is InChI=1S/C17H25F2N3O2/c1-11(2)22-8-6-15(21-17(24)20-7-3-9-23)16(22)12-4-5-13(18)14(19)10-12/h4-5,10-11,15-16,23H,3,6-9H2,1-2H3,(H2,20,21,24)/t15-,16+/m1/s1. The molecule has 0 aliphatic carbocycles. The number of aliphatic hydroxyl groups excluding tert-OH is 1. The summed E-state index contributed by atoms with van der Waals surface area (Å²) in [6, 6.07) is 3.41. The Hall–Kier alpha value is -1.73. The van der Waals surface area contributed by atoms with E-state index in [4.69, 9.17) is 5.11 Å². The second-order valence-corrected chi connectivity index (χ2v) is 6.32. The highest BCUT2D eigenvalue weighted by Crippen LogP contribution is 2.34. The number of rotatable bonds is 6. The fourth-order valence-corrected chi connectivity index (χ4v) is 3.17. The van der Waals surface area contributed by atoms with E-state index in [1.807, 2.05) is 13.8 Å². The number of halogens is 2. The van der Waals surface area contributed by atoms with Crippen molar-refractivity contribution in [3.05, 3.63) is 35.4 Å². The Balaban J connectivity index is 2.14. The second-order valence-electron chi connectivity index (χ2n) is 6.32. The fraction of sp³-hybridized carbons (Fsp3) is 0.588. The van der Waals surface area contributed by atoms with Crippen molar-refractivity contribution >= 4 is 6.03 Å². The van der Waals surface area contributed by atoms with E-state index in [0.29, 0.717) is 18.5 Å². The molecule has 7 heteroatoms. The van der Waals surface area contributed by atoms with Crippen molar-refractivity contribution in [2.24, 2.45) is 0 Å². The zero-order valence-electron chi connectivity index (χ0n) is 14.1. The third-order valence-corrected chi connectivity index (χ3v) is 4.32. The van der Waals surface area contributed by atoms with Gasteiger partial charge in [-0.2, -0.15) is 0 Å². The summed E-state index contributed by atoms with van der Waals surface area (Å²) in [6.45, 7) is 5.25. The third kappa shape index (κ3) is 4.42. The average Bonchev–Trinajstić information content (AvgIpc) is 2.94. The number of aliphatic hydroxyl groups is 1. The van der Waals surface area contributed by atoms with Crippen molar-refractivity contribution in [1.29, 1.82) is 0 Å². The number of nitrogens with zero attached hydrogens (tertiary/aromatic N) is 1. The molecule has 1 aliphatic rings. The number of urea groups is 1. The van der Waals surface area contributed by atoms with Gasteiger partial charge in [0.2, 0.25) is 0 Å². The van der Waals surface area contributed by atoms with Crippen molar-refractivity contribution < 1.29 is 18.7 Å². The molecule has 1 aliphatic heterocycles. The van der Waals surface area contributed by atoms with Crippen molar-refractivity contribution in [1.82, 2.24) is 15.5 Å². The molecule has 2 amide bonds. The van der Waals surface area contributed by atoms with Crippen LogP contribution in [-0.4, -0.2) is 47.8 Å². The Morgan fingerprint density at radius 1 is 1.38 bits per heavy atom.